The minimum atomic E-state index is -0.999. The van der Waals surface area contributed by atoms with E-state index in [4.69, 9.17) is 0 Å². The molecule has 1 atom stereocenters. The highest BCUT2D eigenvalue weighted by molar-refractivity contribution is 9.11. The molecule has 1 heterocycles. The van der Waals surface area contributed by atoms with E-state index in [1.54, 1.807) is 6.07 Å². The summed E-state index contributed by atoms with van der Waals surface area (Å²) in [5.41, 5.74) is 0. The Hall–Kier alpha value is -0.0000000000000000833. The smallest absolute Gasteiger partial charge is 0.185 e. The Balaban J connectivity index is 2.45. The van der Waals surface area contributed by atoms with Crippen LogP contribution in [0.15, 0.2) is 15.9 Å². The second-order valence-corrected chi connectivity index (χ2v) is 7.21. The first-order chi connectivity index (χ1) is 7.13. The summed E-state index contributed by atoms with van der Waals surface area (Å²) in [5, 5.41) is 0. The summed E-state index contributed by atoms with van der Waals surface area (Å²) in [7, 11) is -0.999. The lowest BCUT2D eigenvalue weighted by atomic mass is 10.4. The summed E-state index contributed by atoms with van der Waals surface area (Å²) >= 11 is 4.69. The number of rotatable bonds is 6. The van der Waals surface area contributed by atoms with E-state index < -0.39 is 10.8 Å². The second kappa shape index (κ2) is 6.55. The molecular weight excluding hydrogens is 296 g/mol. The molecule has 0 saturated carbocycles. The predicted molar refractivity (Wildman–Crippen MR) is 69.1 cm³/mol. The molecule has 0 bridgehead atoms. The van der Waals surface area contributed by atoms with Gasteiger partial charge in [-0.15, -0.1) is 11.3 Å². The van der Waals surface area contributed by atoms with Gasteiger partial charge in [0.15, 0.2) is 5.78 Å². The molecule has 0 aliphatic rings. The number of hydrogen-bond donors (Lipinski definition) is 0. The van der Waals surface area contributed by atoms with Crippen LogP contribution in [0.4, 0.5) is 0 Å². The number of unbranched alkanes of at least 4 members (excludes halogenated alkanes) is 1. The molecule has 0 amide bonds. The maximum atomic E-state index is 11.6. The van der Waals surface area contributed by atoms with E-state index in [-0.39, 0.29) is 11.5 Å². The van der Waals surface area contributed by atoms with Crippen LogP contribution in [0, 0.1) is 0 Å². The van der Waals surface area contributed by atoms with Crippen LogP contribution in [0.3, 0.4) is 0 Å². The van der Waals surface area contributed by atoms with E-state index in [0.29, 0.717) is 10.6 Å². The Morgan fingerprint density at radius 3 is 2.80 bits per heavy atom. The van der Waals surface area contributed by atoms with Crippen molar-refractivity contribution in [2.75, 3.05) is 11.5 Å². The van der Waals surface area contributed by atoms with Crippen molar-refractivity contribution >= 4 is 43.8 Å². The van der Waals surface area contributed by atoms with Crippen molar-refractivity contribution in [1.82, 2.24) is 0 Å². The molecule has 0 spiro atoms. The van der Waals surface area contributed by atoms with E-state index >= 15 is 0 Å². The van der Waals surface area contributed by atoms with Gasteiger partial charge in [0.2, 0.25) is 0 Å². The number of hydrogen-bond acceptors (Lipinski definition) is 3. The maximum Gasteiger partial charge on any atom is 0.185 e. The molecule has 0 radical (unpaired) electrons. The molecule has 5 heteroatoms. The van der Waals surface area contributed by atoms with Gasteiger partial charge in [0.05, 0.1) is 14.4 Å². The fourth-order valence-electron chi connectivity index (χ4n) is 1.06. The van der Waals surface area contributed by atoms with Gasteiger partial charge in [0, 0.05) is 16.6 Å². The summed E-state index contributed by atoms with van der Waals surface area (Å²) in [6, 6.07) is 3.61. The Kier molecular flexibility index (Phi) is 5.71. The highest BCUT2D eigenvalue weighted by atomic mass is 79.9. The molecule has 15 heavy (non-hydrogen) atoms. The first kappa shape index (κ1) is 13.1. The molecule has 1 aromatic rings. The molecule has 0 fully saturated rings. The fraction of sp³-hybridized carbons (Fsp3) is 0.500. The van der Waals surface area contributed by atoms with E-state index in [0.717, 1.165) is 16.6 Å². The SMILES string of the molecule is CCCCS(=O)CC(=O)c1ccc(Br)s1. The van der Waals surface area contributed by atoms with Gasteiger partial charge in [-0.05, 0) is 34.5 Å². The normalized spacial score (nSPS) is 12.7. The van der Waals surface area contributed by atoms with Crippen LogP contribution in [-0.2, 0) is 10.8 Å². The number of halogens is 1. The Morgan fingerprint density at radius 1 is 1.53 bits per heavy atom. The number of carbonyl (C=O) groups is 1. The van der Waals surface area contributed by atoms with Crippen LogP contribution in [0.25, 0.3) is 0 Å². The van der Waals surface area contributed by atoms with Crippen molar-refractivity contribution in [1.29, 1.82) is 0 Å². The van der Waals surface area contributed by atoms with Gasteiger partial charge >= 0.3 is 0 Å². The zero-order valence-corrected chi connectivity index (χ0v) is 11.7. The summed E-state index contributed by atoms with van der Waals surface area (Å²) in [6.07, 6.45) is 1.94. The van der Waals surface area contributed by atoms with Crippen molar-refractivity contribution in [2.24, 2.45) is 0 Å². The third-order valence-electron chi connectivity index (χ3n) is 1.87. The van der Waals surface area contributed by atoms with Crippen LogP contribution in [-0.4, -0.2) is 21.5 Å². The summed E-state index contributed by atoms with van der Waals surface area (Å²) in [4.78, 5) is 12.3. The van der Waals surface area contributed by atoms with Crippen molar-refractivity contribution in [3.8, 4) is 0 Å². The van der Waals surface area contributed by atoms with Crippen LogP contribution >= 0.6 is 27.3 Å². The summed E-state index contributed by atoms with van der Waals surface area (Å²) in [5.74, 6) is 0.780. The van der Waals surface area contributed by atoms with Gasteiger partial charge in [-0.3, -0.25) is 9.00 Å². The summed E-state index contributed by atoms with van der Waals surface area (Å²) in [6.45, 7) is 2.05. The van der Waals surface area contributed by atoms with Crippen molar-refractivity contribution in [3.63, 3.8) is 0 Å². The first-order valence-corrected chi connectivity index (χ1v) is 7.86. The second-order valence-electron chi connectivity index (χ2n) is 3.17. The Morgan fingerprint density at radius 2 is 2.27 bits per heavy atom. The molecule has 0 saturated heterocycles. The van der Waals surface area contributed by atoms with E-state index in [2.05, 4.69) is 22.9 Å². The van der Waals surface area contributed by atoms with Crippen molar-refractivity contribution < 1.29 is 9.00 Å². The molecule has 2 nitrogen and oxygen atoms in total. The zero-order valence-electron chi connectivity index (χ0n) is 8.49. The zero-order chi connectivity index (χ0) is 11.3. The number of ketones is 1. The van der Waals surface area contributed by atoms with E-state index in [9.17, 15) is 9.00 Å². The lowest BCUT2D eigenvalue weighted by Gasteiger charge is -1.98. The molecule has 0 aliphatic heterocycles. The molecule has 1 unspecified atom stereocenters. The highest BCUT2D eigenvalue weighted by Crippen LogP contribution is 2.22. The van der Waals surface area contributed by atoms with E-state index in [1.807, 2.05) is 6.07 Å². The highest BCUT2D eigenvalue weighted by Gasteiger charge is 2.12. The lowest BCUT2D eigenvalue weighted by molar-refractivity contribution is 0.102. The molecule has 0 aromatic carbocycles. The lowest BCUT2D eigenvalue weighted by Crippen LogP contribution is -2.12. The Bertz CT molecular complexity index is 360. The monoisotopic (exact) mass is 308 g/mol. The van der Waals surface area contributed by atoms with E-state index in [1.165, 1.54) is 11.3 Å². The molecular formula is C10H13BrO2S2. The third kappa shape index (κ3) is 4.57. The largest absolute Gasteiger partial charge is 0.292 e. The van der Waals surface area contributed by atoms with Gasteiger partial charge in [-0.25, -0.2) is 0 Å². The minimum Gasteiger partial charge on any atom is -0.292 e. The van der Waals surface area contributed by atoms with Crippen LogP contribution < -0.4 is 0 Å². The number of carbonyl (C=O) groups excluding carboxylic acids is 1. The summed E-state index contributed by atoms with van der Waals surface area (Å²) < 4.78 is 12.4. The van der Waals surface area contributed by atoms with Gasteiger partial charge < -0.3 is 0 Å². The molecule has 0 aliphatic carbocycles. The number of thiophene rings is 1. The number of Topliss-reactive ketones (excluding diaryl/α,β-unsaturated/α-hetero) is 1. The van der Waals surface area contributed by atoms with Gasteiger partial charge in [0.25, 0.3) is 0 Å². The fourth-order valence-corrected chi connectivity index (χ4v) is 3.68. The van der Waals surface area contributed by atoms with Gasteiger partial charge in [-0.1, -0.05) is 13.3 Å². The standard InChI is InChI=1S/C10H13BrO2S2/c1-2-3-6-15(13)7-8(12)9-4-5-10(11)14-9/h4-5H,2-3,6-7H2,1H3. The van der Waals surface area contributed by atoms with Crippen molar-refractivity contribution in [2.45, 2.75) is 19.8 Å². The molecule has 1 rings (SSSR count). The molecule has 84 valence electrons. The van der Waals surface area contributed by atoms with Crippen molar-refractivity contribution in [3.05, 3.63) is 20.8 Å². The maximum absolute atomic E-state index is 11.6. The topological polar surface area (TPSA) is 34.1 Å². The van der Waals surface area contributed by atoms with Crippen LogP contribution in [0.2, 0.25) is 0 Å². The first-order valence-electron chi connectivity index (χ1n) is 4.77. The van der Waals surface area contributed by atoms with Crippen LogP contribution in [0.1, 0.15) is 29.4 Å². The molecule has 1 aromatic heterocycles. The molecule has 0 N–H and O–H groups in total. The average Bonchev–Trinajstić information content (AvgIpc) is 2.61. The van der Waals surface area contributed by atoms with Crippen LogP contribution in [0.5, 0.6) is 0 Å². The Labute approximate surface area is 105 Å². The average molecular weight is 309 g/mol. The third-order valence-corrected chi connectivity index (χ3v) is 4.86. The minimum absolute atomic E-state index is 0.0138. The predicted octanol–water partition coefficient (Wildman–Crippen LogP) is 3.24. The van der Waals surface area contributed by atoms with Gasteiger partial charge in [-0.2, -0.15) is 0 Å². The quantitative estimate of drug-likeness (QED) is 0.756. The van der Waals surface area contributed by atoms with Gasteiger partial charge in [0.1, 0.15) is 0 Å².